The Kier molecular flexibility index (Phi) is 4.35. The number of fused-ring (bicyclic) bond motifs is 1. The molecular weight excluding hydrogens is 254 g/mol. The van der Waals surface area contributed by atoms with E-state index in [1.807, 2.05) is 30.3 Å². The van der Waals surface area contributed by atoms with Crippen LogP contribution in [0, 0.1) is 12.3 Å². The van der Waals surface area contributed by atoms with Crippen LogP contribution in [0.5, 0.6) is 5.75 Å². The van der Waals surface area contributed by atoms with Crippen LogP contribution in [-0.2, 0) is 4.79 Å². The van der Waals surface area contributed by atoms with Gasteiger partial charge in [0.2, 0.25) is 0 Å². The average Bonchev–Trinajstić information content (AvgIpc) is 2.50. The lowest BCUT2D eigenvalue weighted by molar-refractivity contribution is -0.122. The summed E-state index contributed by atoms with van der Waals surface area (Å²) in [5, 5.41) is 4.23. The van der Waals surface area contributed by atoms with E-state index in [1.165, 1.54) is 0 Å². The minimum Gasteiger partial charge on any atom is -0.483 e. The highest BCUT2D eigenvalue weighted by Gasteiger charge is 2.09. The smallest absolute Gasteiger partial charge is 0.258 e. The van der Waals surface area contributed by atoms with Crippen molar-refractivity contribution >= 4 is 23.0 Å². The van der Waals surface area contributed by atoms with Gasteiger partial charge in [0.1, 0.15) is 5.75 Å². The zero-order valence-electron chi connectivity index (χ0n) is 10.8. The lowest BCUT2D eigenvalue weighted by Crippen LogP contribution is -2.29. The summed E-state index contributed by atoms with van der Waals surface area (Å²) in [6, 6.07) is 11.0. The van der Waals surface area contributed by atoms with Gasteiger partial charge in [-0.2, -0.15) is 0 Å². The van der Waals surface area contributed by atoms with Gasteiger partial charge in [0.15, 0.2) is 12.9 Å². The van der Waals surface area contributed by atoms with Gasteiger partial charge in [-0.3, -0.25) is 9.59 Å². The van der Waals surface area contributed by atoms with Gasteiger partial charge >= 0.3 is 0 Å². The van der Waals surface area contributed by atoms with Gasteiger partial charge < -0.3 is 10.1 Å². The van der Waals surface area contributed by atoms with Crippen LogP contribution in [0.15, 0.2) is 36.4 Å². The predicted molar refractivity (Wildman–Crippen MR) is 76.7 cm³/mol. The van der Waals surface area contributed by atoms with Crippen molar-refractivity contribution in [3.63, 3.8) is 0 Å². The Balaban J connectivity index is 2.20. The maximum Gasteiger partial charge on any atom is 0.258 e. The van der Waals surface area contributed by atoms with Crippen molar-refractivity contribution in [2.45, 2.75) is 0 Å². The molecule has 0 saturated carbocycles. The summed E-state index contributed by atoms with van der Waals surface area (Å²) in [7, 11) is 0. The molecule has 0 atom stereocenters. The topological polar surface area (TPSA) is 55.4 Å². The molecule has 0 aromatic heterocycles. The van der Waals surface area contributed by atoms with Crippen molar-refractivity contribution in [1.29, 1.82) is 0 Å². The fraction of sp³-hybridized carbons (Fsp3) is 0.125. The van der Waals surface area contributed by atoms with Crippen LogP contribution in [0.1, 0.15) is 10.4 Å². The first-order chi connectivity index (χ1) is 9.76. The van der Waals surface area contributed by atoms with Crippen LogP contribution >= 0.6 is 0 Å². The molecule has 0 bridgehead atoms. The van der Waals surface area contributed by atoms with E-state index in [4.69, 9.17) is 11.2 Å². The van der Waals surface area contributed by atoms with Gasteiger partial charge in [0.05, 0.1) is 12.1 Å². The largest absolute Gasteiger partial charge is 0.483 e. The number of nitrogens with one attached hydrogen (secondary N) is 1. The molecule has 100 valence electrons. The molecule has 0 spiro atoms. The Hall–Kier alpha value is -2.80. The molecule has 2 aromatic carbocycles. The van der Waals surface area contributed by atoms with E-state index in [-0.39, 0.29) is 19.1 Å². The van der Waals surface area contributed by atoms with Crippen molar-refractivity contribution in [1.82, 2.24) is 5.32 Å². The molecule has 0 aliphatic heterocycles. The zero-order chi connectivity index (χ0) is 14.4. The van der Waals surface area contributed by atoms with Crippen molar-refractivity contribution in [3.05, 3.63) is 42.0 Å². The maximum atomic E-state index is 11.4. The monoisotopic (exact) mass is 267 g/mol. The number of carbonyl (C=O) groups excluding carboxylic acids is 2. The maximum absolute atomic E-state index is 11.4. The number of benzene rings is 2. The highest BCUT2D eigenvalue weighted by molar-refractivity contribution is 6.00. The van der Waals surface area contributed by atoms with Gasteiger partial charge in [-0.05, 0) is 16.8 Å². The summed E-state index contributed by atoms with van der Waals surface area (Å²) in [4.78, 5) is 22.7. The normalized spacial score (nSPS) is 9.75. The van der Waals surface area contributed by atoms with Gasteiger partial charge in [-0.15, -0.1) is 6.42 Å². The Morgan fingerprint density at radius 2 is 2.10 bits per heavy atom. The molecule has 4 nitrogen and oxygen atoms in total. The average molecular weight is 267 g/mol. The summed E-state index contributed by atoms with van der Waals surface area (Å²) in [6.07, 6.45) is 5.77. The van der Waals surface area contributed by atoms with Crippen LogP contribution < -0.4 is 10.1 Å². The molecule has 0 fully saturated rings. The molecule has 0 radical (unpaired) electrons. The molecule has 1 N–H and O–H groups in total. The summed E-state index contributed by atoms with van der Waals surface area (Å²) >= 11 is 0. The molecule has 2 rings (SSSR count). The molecule has 4 heteroatoms. The summed E-state index contributed by atoms with van der Waals surface area (Å²) < 4.78 is 5.38. The predicted octanol–water partition coefficient (Wildman–Crippen LogP) is 1.78. The number of hydrogen-bond acceptors (Lipinski definition) is 3. The number of ether oxygens (including phenoxy) is 1. The number of terminal acetylenes is 1. The summed E-state index contributed by atoms with van der Waals surface area (Å²) in [6.45, 7) is -0.0265. The molecule has 0 aliphatic carbocycles. The van der Waals surface area contributed by atoms with Crippen molar-refractivity contribution in [3.8, 4) is 18.1 Å². The van der Waals surface area contributed by atoms with E-state index in [2.05, 4.69) is 11.2 Å². The van der Waals surface area contributed by atoms with Crippen LogP contribution in [0.4, 0.5) is 0 Å². The van der Waals surface area contributed by atoms with E-state index >= 15 is 0 Å². The third-order valence-corrected chi connectivity index (χ3v) is 2.79. The first kappa shape index (κ1) is 13.6. The number of amides is 1. The minimum absolute atomic E-state index is 0.153. The van der Waals surface area contributed by atoms with Crippen LogP contribution in [0.3, 0.4) is 0 Å². The van der Waals surface area contributed by atoms with Gasteiger partial charge in [-0.1, -0.05) is 36.3 Å². The van der Waals surface area contributed by atoms with Gasteiger partial charge in [0.25, 0.3) is 5.91 Å². The number of hydrogen-bond donors (Lipinski definition) is 1. The highest BCUT2D eigenvalue weighted by atomic mass is 16.5. The van der Waals surface area contributed by atoms with Crippen molar-refractivity contribution in [2.75, 3.05) is 13.2 Å². The number of aldehydes is 1. The first-order valence-corrected chi connectivity index (χ1v) is 6.06. The number of carbonyl (C=O) groups is 2. The molecule has 0 aliphatic rings. The van der Waals surface area contributed by atoms with E-state index in [0.717, 1.165) is 17.1 Å². The van der Waals surface area contributed by atoms with E-state index in [9.17, 15) is 9.59 Å². The fourth-order valence-corrected chi connectivity index (χ4v) is 1.87. The Morgan fingerprint density at radius 1 is 1.30 bits per heavy atom. The third kappa shape index (κ3) is 2.96. The molecular formula is C16H13NO3. The number of rotatable bonds is 5. The third-order valence-electron chi connectivity index (χ3n) is 2.79. The van der Waals surface area contributed by atoms with E-state index < -0.39 is 0 Å². The molecule has 0 unspecified atom stereocenters. The lowest BCUT2D eigenvalue weighted by Gasteiger charge is -2.10. The van der Waals surface area contributed by atoms with Gasteiger partial charge in [-0.25, -0.2) is 0 Å². The second-order valence-corrected chi connectivity index (χ2v) is 4.09. The molecule has 0 saturated heterocycles. The lowest BCUT2D eigenvalue weighted by atomic mass is 10.0. The summed E-state index contributed by atoms with van der Waals surface area (Å²) in [5.74, 6) is 2.36. The first-order valence-electron chi connectivity index (χ1n) is 6.06. The van der Waals surface area contributed by atoms with Gasteiger partial charge in [0, 0.05) is 0 Å². The zero-order valence-corrected chi connectivity index (χ0v) is 10.8. The minimum atomic E-state index is -0.326. The highest BCUT2D eigenvalue weighted by Crippen LogP contribution is 2.26. The second-order valence-electron chi connectivity index (χ2n) is 4.09. The molecule has 20 heavy (non-hydrogen) atoms. The van der Waals surface area contributed by atoms with E-state index in [1.54, 1.807) is 6.07 Å². The quantitative estimate of drug-likeness (QED) is 0.663. The SMILES string of the molecule is C#CCNC(=O)COc1ccc2ccccc2c1C=O. The molecule has 2 aromatic rings. The van der Waals surface area contributed by atoms with Crippen LogP contribution in [-0.4, -0.2) is 25.3 Å². The van der Waals surface area contributed by atoms with Crippen LogP contribution in [0.2, 0.25) is 0 Å². The Bertz CT molecular complexity index is 686. The summed E-state index contributed by atoms with van der Waals surface area (Å²) in [5.41, 5.74) is 0.438. The standard InChI is InChI=1S/C16H13NO3/c1-2-9-17-16(19)11-20-15-8-7-12-5-3-4-6-13(12)14(15)10-18/h1,3-8,10H,9,11H2,(H,17,19). The van der Waals surface area contributed by atoms with Crippen LogP contribution in [0.25, 0.3) is 10.8 Å². The molecule has 0 heterocycles. The Labute approximate surface area is 116 Å². The second kappa shape index (κ2) is 6.39. The van der Waals surface area contributed by atoms with Crippen molar-refractivity contribution in [2.24, 2.45) is 0 Å². The van der Waals surface area contributed by atoms with E-state index in [0.29, 0.717) is 11.3 Å². The van der Waals surface area contributed by atoms with Crippen molar-refractivity contribution < 1.29 is 14.3 Å². The fourth-order valence-electron chi connectivity index (χ4n) is 1.87. The Morgan fingerprint density at radius 3 is 2.85 bits per heavy atom. The molecule has 1 amide bonds.